The van der Waals surface area contributed by atoms with Gasteiger partial charge in [0.05, 0.1) is 19.2 Å². The zero-order valence-electron chi connectivity index (χ0n) is 12.0. The SMILES string of the molecule is Cc1cc2onc(CC(=O)NCc3ccco3)c2cc1C. The van der Waals surface area contributed by atoms with Gasteiger partial charge >= 0.3 is 0 Å². The molecule has 0 spiro atoms. The molecule has 5 nitrogen and oxygen atoms in total. The van der Waals surface area contributed by atoms with Gasteiger partial charge in [-0.3, -0.25) is 4.79 Å². The second kappa shape index (κ2) is 5.44. The van der Waals surface area contributed by atoms with Crippen molar-refractivity contribution in [2.24, 2.45) is 0 Å². The molecule has 0 saturated heterocycles. The first-order valence-electron chi connectivity index (χ1n) is 6.78. The Hall–Kier alpha value is -2.56. The molecule has 1 amide bonds. The van der Waals surface area contributed by atoms with Crippen LogP contribution in [0.4, 0.5) is 0 Å². The lowest BCUT2D eigenvalue weighted by Crippen LogP contribution is -2.24. The number of amides is 1. The van der Waals surface area contributed by atoms with E-state index >= 15 is 0 Å². The fraction of sp³-hybridized carbons (Fsp3) is 0.250. The number of fused-ring (bicyclic) bond motifs is 1. The molecule has 0 unspecified atom stereocenters. The third kappa shape index (κ3) is 2.81. The van der Waals surface area contributed by atoms with Gasteiger partial charge in [0.25, 0.3) is 0 Å². The van der Waals surface area contributed by atoms with Crippen LogP contribution in [0.25, 0.3) is 11.0 Å². The molecule has 0 aliphatic rings. The molecule has 2 aromatic heterocycles. The normalized spacial score (nSPS) is 11.0. The van der Waals surface area contributed by atoms with Crippen molar-refractivity contribution < 1.29 is 13.7 Å². The van der Waals surface area contributed by atoms with E-state index in [1.807, 2.05) is 32.0 Å². The molecule has 0 fully saturated rings. The highest BCUT2D eigenvalue weighted by atomic mass is 16.5. The first-order chi connectivity index (χ1) is 10.1. The van der Waals surface area contributed by atoms with Crippen molar-refractivity contribution in [3.63, 3.8) is 0 Å². The Morgan fingerprint density at radius 3 is 2.86 bits per heavy atom. The van der Waals surface area contributed by atoms with Gasteiger partial charge in [-0.25, -0.2) is 0 Å². The molecule has 21 heavy (non-hydrogen) atoms. The van der Waals surface area contributed by atoms with E-state index in [1.165, 1.54) is 0 Å². The number of carbonyl (C=O) groups excluding carboxylic acids is 1. The van der Waals surface area contributed by atoms with Gasteiger partial charge in [-0.2, -0.15) is 0 Å². The number of hydrogen-bond donors (Lipinski definition) is 1. The van der Waals surface area contributed by atoms with Crippen molar-refractivity contribution in [2.45, 2.75) is 26.8 Å². The number of nitrogens with one attached hydrogen (secondary N) is 1. The highest BCUT2D eigenvalue weighted by Crippen LogP contribution is 2.22. The molecular weight excluding hydrogens is 268 g/mol. The highest BCUT2D eigenvalue weighted by molar-refractivity contribution is 5.87. The molecule has 2 heterocycles. The molecule has 0 bridgehead atoms. The van der Waals surface area contributed by atoms with Crippen molar-refractivity contribution >= 4 is 16.9 Å². The van der Waals surface area contributed by atoms with Crippen LogP contribution >= 0.6 is 0 Å². The number of hydrogen-bond acceptors (Lipinski definition) is 4. The average Bonchev–Trinajstić information content (AvgIpc) is 3.09. The van der Waals surface area contributed by atoms with Gasteiger partial charge in [0.1, 0.15) is 11.5 Å². The van der Waals surface area contributed by atoms with Crippen LogP contribution < -0.4 is 5.32 Å². The van der Waals surface area contributed by atoms with Crippen molar-refractivity contribution in [1.82, 2.24) is 10.5 Å². The lowest BCUT2D eigenvalue weighted by Gasteiger charge is -2.02. The Morgan fingerprint density at radius 1 is 1.29 bits per heavy atom. The van der Waals surface area contributed by atoms with Crippen molar-refractivity contribution in [3.05, 3.63) is 53.1 Å². The summed E-state index contributed by atoms with van der Waals surface area (Å²) in [5, 5.41) is 7.70. The number of furan rings is 1. The van der Waals surface area contributed by atoms with E-state index in [2.05, 4.69) is 10.5 Å². The number of benzene rings is 1. The largest absolute Gasteiger partial charge is 0.467 e. The molecule has 3 aromatic rings. The maximum absolute atomic E-state index is 12.0. The number of nitrogens with zero attached hydrogens (tertiary/aromatic N) is 1. The van der Waals surface area contributed by atoms with Crippen LogP contribution in [0, 0.1) is 13.8 Å². The van der Waals surface area contributed by atoms with E-state index in [4.69, 9.17) is 8.94 Å². The van der Waals surface area contributed by atoms with E-state index in [1.54, 1.807) is 12.3 Å². The summed E-state index contributed by atoms with van der Waals surface area (Å²) in [4.78, 5) is 12.0. The molecule has 108 valence electrons. The minimum atomic E-state index is -0.111. The summed E-state index contributed by atoms with van der Waals surface area (Å²) < 4.78 is 10.5. The molecule has 1 aromatic carbocycles. The Kier molecular flexibility index (Phi) is 3.48. The number of carbonyl (C=O) groups is 1. The average molecular weight is 284 g/mol. The Labute approximate surface area is 121 Å². The zero-order chi connectivity index (χ0) is 14.8. The van der Waals surface area contributed by atoms with Crippen LogP contribution in [0.5, 0.6) is 0 Å². The molecule has 1 N–H and O–H groups in total. The quantitative estimate of drug-likeness (QED) is 0.800. The molecule has 0 atom stereocenters. The number of rotatable bonds is 4. The monoisotopic (exact) mass is 284 g/mol. The highest BCUT2D eigenvalue weighted by Gasteiger charge is 2.13. The van der Waals surface area contributed by atoms with E-state index in [0.717, 1.165) is 22.3 Å². The third-order valence-corrected chi connectivity index (χ3v) is 3.53. The van der Waals surface area contributed by atoms with Crippen LogP contribution in [0.1, 0.15) is 22.6 Å². The summed E-state index contributed by atoms with van der Waals surface area (Å²) in [6.07, 6.45) is 1.77. The maximum Gasteiger partial charge on any atom is 0.226 e. The zero-order valence-corrected chi connectivity index (χ0v) is 12.0. The lowest BCUT2D eigenvalue weighted by atomic mass is 10.1. The molecule has 0 saturated carbocycles. The van der Waals surface area contributed by atoms with Gasteiger partial charge < -0.3 is 14.3 Å². The second-order valence-electron chi connectivity index (χ2n) is 5.09. The van der Waals surface area contributed by atoms with E-state index in [9.17, 15) is 4.79 Å². The van der Waals surface area contributed by atoms with Gasteiger partial charge in [-0.1, -0.05) is 5.16 Å². The van der Waals surface area contributed by atoms with Gasteiger partial charge in [0.15, 0.2) is 5.58 Å². The first-order valence-corrected chi connectivity index (χ1v) is 6.78. The van der Waals surface area contributed by atoms with E-state index in [0.29, 0.717) is 17.8 Å². The predicted molar refractivity (Wildman–Crippen MR) is 77.7 cm³/mol. The van der Waals surface area contributed by atoms with Crippen LogP contribution in [-0.2, 0) is 17.8 Å². The van der Waals surface area contributed by atoms with Gasteiger partial charge in [0, 0.05) is 5.39 Å². The fourth-order valence-electron chi connectivity index (χ4n) is 2.19. The van der Waals surface area contributed by atoms with Crippen LogP contribution in [0.3, 0.4) is 0 Å². The van der Waals surface area contributed by atoms with E-state index in [-0.39, 0.29) is 12.3 Å². The second-order valence-corrected chi connectivity index (χ2v) is 5.09. The summed E-state index contributed by atoms with van der Waals surface area (Å²) in [6.45, 7) is 4.43. The Bertz CT molecular complexity index is 772. The Balaban J connectivity index is 1.72. The van der Waals surface area contributed by atoms with Gasteiger partial charge in [0.2, 0.25) is 5.91 Å². The topological polar surface area (TPSA) is 68.3 Å². The van der Waals surface area contributed by atoms with E-state index < -0.39 is 0 Å². The van der Waals surface area contributed by atoms with Crippen LogP contribution in [-0.4, -0.2) is 11.1 Å². The van der Waals surface area contributed by atoms with Crippen LogP contribution in [0.15, 0.2) is 39.5 Å². The molecule has 0 aliphatic heterocycles. The molecule has 0 aliphatic carbocycles. The standard InChI is InChI=1S/C16H16N2O3/c1-10-6-13-14(18-21-15(13)7-11(10)2)8-16(19)17-9-12-4-3-5-20-12/h3-7H,8-9H2,1-2H3,(H,17,19). The smallest absolute Gasteiger partial charge is 0.226 e. The predicted octanol–water partition coefficient (Wildman–Crippen LogP) is 2.90. The van der Waals surface area contributed by atoms with Crippen molar-refractivity contribution in [3.8, 4) is 0 Å². The molecule has 5 heteroatoms. The summed E-state index contributed by atoms with van der Waals surface area (Å²) in [5.74, 6) is 0.611. The molecular formula is C16H16N2O3. The van der Waals surface area contributed by atoms with Gasteiger partial charge in [-0.15, -0.1) is 0 Å². The summed E-state index contributed by atoms with van der Waals surface area (Å²) in [6, 6.07) is 7.56. The van der Waals surface area contributed by atoms with Crippen LogP contribution in [0.2, 0.25) is 0 Å². The lowest BCUT2D eigenvalue weighted by molar-refractivity contribution is -0.120. The summed E-state index contributed by atoms with van der Waals surface area (Å²) >= 11 is 0. The maximum atomic E-state index is 12.0. The molecule has 3 rings (SSSR count). The van der Waals surface area contributed by atoms with Gasteiger partial charge in [-0.05, 0) is 49.2 Å². The number of aryl methyl sites for hydroxylation is 2. The Morgan fingerprint density at radius 2 is 2.10 bits per heavy atom. The first kappa shape index (κ1) is 13.4. The summed E-state index contributed by atoms with van der Waals surface area (Å²) in [7, 11) is 0. The van der Waals surface area contributed by atoms with Crippen molar-refractivity contribution in [2.75, 3.05) is 0 Å². The summed E-state index contributed by atoms with van der Waals surface area (Å²) in [5.41, 5.74) is 3.67. The minimum absolute atomic E-state index is 0.111. The number of aromatic nitrogens is 1. The minimum Gasteiger partial charge on any atom is -0.467 e. The molecule has 0 radical (unpaired) electrons. The third-order valence-electron chi connectivity index (χ3n) is 3.53. The van der Waals surface area contributed by atoms with Crippen molar-refractivity contribution in [1.29, 1.82) is 0 Å². The fourth-order valence-corrected chi connectivity index (χ4v) is 2.19.